The lowest BCUT2D eigenvalue weighted by atomic mass is 10.0. The largest absolute Gasteiger partial charge is 0.402 e. The first-order chi connectivity index (χ1) is 8.81. The van der Waals surface area contributed by atoms with Gasteiger partial charge in [0, 0.05) is 25.8 Å². The lowest BCUT2D eigenvalue weighted by Gasteiger charge is -2.14. The van der Waals surface area contributed by atoms with E-state index in [4.69, 9.17) is 21.3 Å². The summed E-state index contributed by atoms with van der Waals surface area (Å²) in [5, 5.41) is 7.00. The molecule has 112 valence electrons. The number of rotatable bonds is 3. The fraction of sp³-hybridized carbons (Fsp3) is 0.786. The van der Waals surface area contributed by atoms with E-state index in [0.29, 0.717) is 17.9 Å². The number of nitrogens with zero attached hydrogens (tertiary/aromatic N) is 1. The van der Waals surface area contributed by atoms with Crippen molar-refractivity contribution >= 4 is 5.84 Å². The van der Waals surface area contributed by atoms with Gasteiger partial charge in [0.15, 0.2) is 0 Å². The second-order valence-electron chi connectivity index (χ2n) is 5.72. The van der Waals surface area contributed by atoms with Crippen molar-refractivity contribution in [2.75, 3.05) is 14.2 Å². The lowest BCUT2D eigenvalue weighted by molar-refractivity contribution is 0.106. The zero-order chi connectivity index (χ0) is 15.1. The third-order valence-corrected chi connectivity index (χ3v) is 2.97. The second kappa shape index (κ2) is 8.17. The van der Waals surface area contributed by atoms with Crippen LogP contribution < -0.4 is 11.5 Å². The number of amidine groups is 1. The molecule has 2 atom stereocenters. The average molecular weight is 271 g/mol. The maximum atomic E-state index is 7.00. The van der Waals surface area contributed by atoms with Gasteiger partial charge in [-0.05, 0) is 46.1 Å². The Morgan fingerprint density at radius 1 is 1.26 bits per heavy atom. The van der Waals surface area contributed by atoms with Gasteiger partial charge in [-0.1, -0.05) is 0 Å². The number of nitrogens with two attached hydrogens (primary N) is 2. The van der Waals surface area contributed by atoms with E-state index < -0.39 is 0 Å². The van der Waals surface area contributed by atoms with Crippen molar-refractivity contribution in [1.29, 1.82) is 0 Å². The fourth-order valence-electron chi connectivity index (χ4n) is 2.17. The number of aliphatic hydroxyl groups excluding tert-OH is 1. The number of ether oxygens (including phenoxy) is 1. The predicted molar refractivity (Wildman–Crippen MR) is 79.9 cm³/mol. The standard InChI is InChI=1S/C13H25N3O.CH4O/c1-13(2,3)16-12(15)8-11(14)9-5-6-10(7-9)17-4;1-2/h8-10H,5-7,14H2,1-4H3,(H2,15,16);2H,1H3/b11-8-;. The molecule has 0 heterocycles. The van der Waals surface area contributed by atoms with Crippen LogP contribution in [0.1, 0.15) is 40.0 Å². The molecule has 0 saturated heterocycles. The molecule has 1 rings (SSSR count). The number of hydrogen-bond acceptors (Lipinski definition) is 4. The molecule has 1 saturated carbocycles. The number of hydrogen-bond donors (Lipinski definition) is 3. The van der Waals surface area contributed by atoms with Crippen LogP contribution in [0.4, 0.5) is 0 Å². The third-order valence-electron chi connectivity index (χ3n) is 2.97. The lowest BCUT2D eigenvalue weighted by Crippen LogP contribution is -2.21. The van der Waals surface area contributed by atoms with Crippen molar-refractivity contribution in [1.82, 2.24) is 0 Å². The first kappa shape index (κ1) is 17.9. The Labute approximate surface area is 116 Å². The molecule has 1 aliphatic carbocycles. The molecule has 5 N–H and O–H groups in total. The zero-order valence-electron chi connectivity index (χ0n) is 12.8. The van der Waals surface area contributed by atoms with Gasteiger partial charge in [0.05, 0.1) is 11.6 Å². The van der Waals surface area contributed by atoms with Crippen LogP contribution in [0, 0.1) is 5.92 Å². The molecule has 0 radical (unpaired) electrons. The van der Waals surface area contributed by atoms with Crippen LogP contribution in [0.5, 0.6) is 0 Å². The third kappa shape index (κ3) is 7.18. The van der Waals surface area contributed by atoms with E-state index in [1.54, 1.807) is 13.2 Å². The molecule has 0 aromatic carbocycles. The predicted octanol–water partition coefficient (Wildman–Crippen LogP) is 1.41. The van der Waals surface area contributed by atoms with Crippen molar-refractivity contribution in [3.8, 4) is 0 Å². The highest BCUT2D eigenvalue weighted by molar-refractivity contribution is 5.92. The molecule has 0 spiro atoms. The molecular weight excluding hydrogens is 242 g/mol. The van der Waals surface area contributed by atoms with Gasteiger partial charge in [0.2, 0.25) is 0 Å². The van der Waals surface area contributed by atoms with Crippen LogP contribution >= 0.6 is 0 Å². The minimum Gasteiger partial charge on any atom is -0.402 e. The molecular formula is C14H29N3O2. The summed E-state index contributed by atoms with van der Waals surface area (Å²) in [4.78, 5) is 4.37. The summed E-state index contributed by atoms with van der Waals surface area (Å²) in [7, 11) is 2.75. The Morgan fingerprint density at radius 2 is 1.84 bits per heavy atom. The van der Waals surface area contributed by atoms with Gasteiger partial charge in [-0.25, -0.2) is 0 Å². The SMILES string of the molecule is CO.COC1CCC(/C(N)=C/C(N)=NC(C)(C)C)C1. The summed E-state index contributed by atoms with van der Waals surface area (Å²) in [6, 6.07) is 0. The topological polar surface area (TPSA) is 93.9 Å². The Kier molecular flexibility index (Phi) is 7.71. The minimum atomic E-state index is -0.161. The van der Waals surface area contributed by atoms with Crippen molar-refractivity contribution in [2.45, 2.75) is 51.7 Å². The number of aliphatic imine (C=N–C) groups is 1. The number of aliphatic hydroxyl groups is 1. The van der Waals surface area contributed by atoms with Crippen LogP contribution in [0.2, 0.25) is 0 Å². The molecule has 5 heteroatoms. The highest BCUT2D eigenvalue weighted by atomic mass is 16.5. The average Bonchev–Trinajstić information content (AvgIpc) is 2.77. The first-order valence-electron chi connectivity index (χ1n) is 6.61. The van der Waals surface area contributed by atoms with Crippen LogP contribution in [0.15, 0.2) is 16.8 Å². The van der Waals surface area contributed by atoms with Gasteiger partial charge in [0.1, 0.15) is 5.84 Å². The van der Waals surface area contributed by atoms with Gasteiger partial charge >= 0.3 is 0 Å². The van der Waals surface area contributed by atoms with Crippen molar-refractivity contribution < 1.29 is 9.84 Å². The minimum absolute atomic E-state index is 0.161. The van der Waals surface area contributed by atoms with Gasteiger partial charge in [-0.15, -0.1) is 0 Å². The Hall–Kier alpha value is -1.07. The molecule has 0 aromatic heterocycles. The molecule has 0 amide bonds. The molecule has 2 unspecified atom stereocenters. The maximum Gasteiger partial charge on any atom is 0.120 e. The zero-order valence-corrected chi connectivity index (χ0v) is 12.8. The van der Waals surface area contributed by atoms with Crippen LogP contribution in [-0.4, -0.2) is 36.8 Å². The summed E-state index contributed by atoms with van der Waals surface area (Å²) < 4.78 is 5.33. The van der Waals surface area contributed by atoms with Crippen LogP contribution in [0.25, 0.3) is 0 Å². The molecule has 0 aliphatic heterocycles. The monoisotopic (exact) mass is 271 g/mol. The van der Waals surface area contributed by atoms with E-state index in [2.05, 4.69) is 4.99 Å². The van der Waals surface area contributed by atoms with Crippen LogP contribution in [0.3, 0.4) is 0 Å². The Balaban J connectivity index is 0.00000154. The van der Waals surface area contributed by atoms with Gasteiger partial charge < -0.3 is 21.3 Å². The van der Waals surface area contributed by atoms with Gasteiger partial charge in [-0.2, -0.15) is 0 Å². The smallest absolute Gasteiger partial charge is 0.120 e. The molecule has 19 heavy (non-hydrogen) atoms. The fourth-order valence-corrected chi connectivity index (χ4v) is 2.17. The van der Waals surface area contributed by atoms with Gasteiger partial charge in [0.25, 0.3) is 0 Å². The van der Waals surface area contributed by atoms with Crippen molar-refractivity contribution in [2.24, 2.45) is 22.4 Å². The highest BCUT2D eigenvalue weighted by Gasteiger charge is 2.26. The van der Waals surface area contributed by atoms with E-state index in [9.17, 15) is 0 Å². The van der Waals surface area contributed by atoms with Crippen LogP contribution in [-0.2, 0) is 4.74 Å². The summed E-state index contributed by atoms with van der Waals surface area (Å²) in [6.07, 6.45) is 5.28. The first-order valence-corrected chi connectivity index (χ1v) is 6.61. The molecule has 5 nitrogen and oxygen atoms in total. The molecule has 0 bridgehead atoms. The van der Waals surface area contributed by atoms with E-state index in [1.165, 1.54) is 0 Å². The molecule has 1 fully saturated rings. The van der Waals surface area contributed by atoms with Gasteiger partial charge in [-0.3, -0.25) is 4.99 Å². The molecule has 1 aliphatic rings. The van der Waals surface area contributed by atoms with E-state index in [1.807, 2.05) is 20.8 Å². The normalized spacial score (nSPS) is 24.9. The second-order valence-corrected chi connectivity index (χ2v) is 5.72. The number of methoxy groups -OCH3 is 1. The summed E-state index contributed by atoms with van der Waals surface area (Å²) in [5.74, 6) is 0.893. The number of allylic oxidation sites excluding steroid dienone is 1. The Bertz CT molecular complexity index is 319. The maximum absolute atomic E-state index is 7.00. The van der Waals surface area contributed by atoms with E-state index in [-0.39, 0.29) is 5.54 Å². The summed E-state index contributed by atoms with van der Waals surface area (Å²) >= 11 is 0. The quantitative estimate of drug-likeness (QED) is 0.534. The van der Waals surface area contributed by atoms with E-state index in [0.717, 1.165) is 32.1 Å². The highest BCUT2D eigenvalue weighted by Crippen LogP contribution is 2.30. The summed E-state index contributed by atoms with van der Waals surface area (Å²) in [6.45, 7) is 6.04. The Morgan fingerprint density at radius 3 is 2.26 bits per heavy atom. The van der Waals surface area contributed by atoms with Crippen molar-refractivity contribution in [3.63, 3.8) is 0 Å². The summed E-state index contributed by atoms with van der Waals surface area (Å²) in [5.41, 5.74) is 12.6. The van der Waals surface area contributed by atoms with E-state index >= 15 is 0 Å². The molecule has 0 aromatic rings. The van der Waals surface area contributed by atoms with Crippen molar-refractivity contribution in [3.05, 3.63) is 11.8 Å².